The van der Waals surface area contributed by atoms with Gasteiger partial charge in [-0.1, -0.05) is 0 Å². The van der Waals surface area contributed by atoms with Crippen LogP contribution in [-0.2, 0) is 17.9 Å². The summed E-state index contributed by atoms with van der Waals surface area (Å²) in [5.74, 6) is -0.321. The predicted molar refractivity (Wildman–Crippen MR) is 97.9 cm³/mol. The van der Waals surface area contributed by atoms with Crippen LogP contribution in [0.15, 0.2) is 9.59 Å². The molecule has 2 heterocycles. The Labute approximate surface area is 159 Å². The number of aromatic nitrogens is 2. The number of thioether (sulfide) groups is 1. The van der Waals surface area contributed by atoms with Gasteiger partial charge in [0.15, 0.2) is 0 Å². The zero-order valence-corrected chi connectivity index (χ0v) is 15.9. The number of amides is 1. The molecule has 1 amide bonds. The van der Waals surface area contributed by atoms with E-state index in [1.54, 1.807) is 6.92 Å². The van der Waals surface area contributed by atoms with E-state index in [-0.39, 0.29) is 36.6 Å². The summed E-state index contributed by atoms with van der Waals surface area (Å²) in [7, 11) is 0. The highest BCUT2D eigenvalue weighted by Crippen LogP contribution is 2.35. The molecule has 0 saturated heterocycles. The second kappa shape index (κ2) is 7.68. The second-order valence-electron chi connectivity index (χ2n) is 6.08. The molecule has 0 spiro atoms. The molecular formula is C15H17F3N4O3S2. The lowest BCUT2D eigenvalue weighted by atomic mass is 10.2. The minimum absolute atomic E-state index is 0.147. The van der Waals surface area contributed by atoms with Crippen molar-refractivity contribution in [1.82, 2.24) is 20.0 Å². The molecule has 12 heteroatoms. The first-order valence-corrected chi connectivity index (χ1v) is 9.95. The van der Waals surface area contributed by atoms with Crippen molar-refractivity contribution in [2.24, 2.45) is 0 Å². The highest BCUT2D eigenvalue weighted by atomic mass is 32.2. The number of carbonyl (C=O) groups is 1. The molecule has 0 atom stereocenters. The first-order valence-electron chi connectivity index (χ1n) is 8.14. The number of aryl methyl sites for hydroxylation is 2. The van der Waals surface area contributed by atoms with Crippen molar-refractivity contribution in [2.45, 2.75) is 44.4 Å². The maximum atomic E-state index is 12.9. The van der Waals surface area contributed by atoms with Gasteiger partial charge in [0, 0.05) is 29.8 Å². The summed E-state index contributed by atoms with van der Waals surface area (Å²) in [6.07, 6.45) is 1.88. The summed E-state index contributed by atoms with van der Waals surface area (Å²) < 4.78 is 39.9. The number of halogens is 3. The molecule has 1 saturated carbocycles. The number of fused-ring (bicyclic) bond motifs is 1. The third kappa shape index (κ3) is 4.22. The molecule has 0 bridgehead atoms. The van der Waals surface area contributed by atoms with Crippen LogP contribution in [0, 0.1) is 6.92 Å². The van der Waals surface area contributed by atoms with Crippen LogP contribution in [0.3, 0.4) is 0 Å². The molecule has 2 N–H and O–H groups in total. The topological polar surface area (TPSA) is 85.1 Å². The van der Waals surface area contributed by atoms with Gasteiger partial charge in [0.25, 0.3) is 5.56 Å². The number of rotatable bonds is 8. The maximum Gasteiger partial charge on any atom is 0.441 e. The quantitative estimate of drug-likeness (QED) is 0.386. The van der Waals surface area contributed by atoms with Crippen LogP contribution in [-0.4, -0.2) is 26.8 Å². The Hall–Kier alpha value is -1.79. The average Bonchev–Trinajstić information content (AvgIpc) is 3.35. The third-order valence-electron chi connectivity index (χ3n) is 4.24. The lowest BCUT2D eigenvalue weighted by molar-refractivity contribution is -0.110. The summed E-state index contributed by atoms with van der Waals surface area (Å²) in [5, 5.41) is 0.353. The van der Waals surface area contributed by atoms with Crippen LogP contribution in [0.4, 0.5) is 13.2 Å². The number of hydrogen-bond donors (Lipinski definition) is 2. The standard InChI is InChI=1S/C15H17F3N4O3S2/c1-8-10(6-19-20-7-23)27-13-11(8)12(24)22(9-2-3-9)14(25)21(13)4-5-26-15(16,17)18/h7,9,19H,2-6H2,1H3,(H,20,23). The van der Waals surface area contributed by atoms with Crippen molar-refractivity contribution in [1.29, 1.82) is 0 Å². The average molecular weight is 422 g/mol. The van der Waals surface area contributed by atoms with Crippen LogP contribution in [0.1, 0.15) is 29.3 Å². The second-order valence-corrected chi connectivity index (χ2v) is 8.32. The summed E-state index contributed by atoms with van der Waals surface area (Å²) in [4.78, 5) is 37.1. The molecule has 1 aliphatic carbocycles. The highest BCUT2D eigenvalue weighted by molar-refractivity contribution is 8.00. The molecule has 148 valence electrons. The number of hydrogen-bond acceptors (Lipinski definition) is 6. The molecule has 1 fully saturated rings. The molecule has 0 aliphatic heterocycles. The minimum atomic E-state index is -4.38. The number of hydrazine groups is 1. The third-order valence-corrected chi connectivity index (χ3v) is 6.27. The van der Waals surface area contributed by atoms with Gasteiger partial charge in [-0.15, -0.1) is 11.3 Å². The fraction of sp³-hybridized carbons (Fsp3) is 0.533. The van der Waals surface area contributed by atoms with Crippen molar-refractivity contribution >= 4 is 39.7 Å². The highest BCUT2D eigenvalue weighted by Gasteiger charge is 2.31. The molecule has 27 heavy (non-hydrogen) atoms. The van der Waals surface area contributed by atoms with E-state index in [0.29, 0.717) is 35.0 Å². The van der Waals surface area contributed by atoms with Gasteiger partial charge in [-0.05, 0) is 37.1 Å². The zero-order valence-electron chi connectivity index (χ0n) is 14.3. The van der Waals surface area contributed by atoms with E-state index in [2.05, 4.69) is 10.9 Å². The van der Waals surface area contributed by atoms with Gasteiger partial charge in [-0.2, -0.15) is 13.2 Å². The van der Waals surface area contributed by atoms with Crippen LogP contribution >= 0.6 is 23.1 Å². The maximum absolute atomic E-state index is 12.9. The number of nitrogens with zero attached hydrogens (tertiary/aromatic N) is 2. The van der Waals surface area contributed by atoms with Crippen LogP contribution < -0.4 is 22.1 Å². The molecule has 0 radical (unpaired) electrons. The Balaban J connectivity index is 2.08. The number of carbonyl (C=O) groups excluding carboxylic acids is 1. The first-order chi connectivity index (χ1) is 12.7. The lowest BCUT2D eigenvalue weighted by Crippen LogP contribution is -2.39. The van der Waals surface area contributed by atoms with Crippen LogP contribution in [0.5, 0.6) is 0 Å². The summed E-state index contributed by atoms with van der Waals surface area (Å²) >= 11 is 0.973. The summed E-state index contributed by atoms with van der Waals surface area (Å²) in [6, 6.07) is -0.187. The molecule has 2 aromatic heterocycles. The van der Waals surface area contributed by atoms with Gasteiger partial charge in [0.2, 0.25) is 6.41 Å². The SMILES string of the molecule is Cc1c(CNNC=O)sc2c1c(=O)n(C1CC1)c(=O)n2CCSC(F)(F)F. The van der Waals surface area contributed by atoms with Crippen molar-refractivity contribution in [3.63, 3.8) is 0 Å². The molecule has 0 aromatic carbocycles. The summed E-state index contributed by atoms with van der Waals surface area (Å²) in [6.45, 7) is 1.82. The van der Waals surface area contributed by atoms with Crippen molar-refractivity contribution < 1.29 is 18.0 Å². The Morgan fingerprint density at radius 2 is 2.04 bits per heavy atom. The van der Waals surface area contributed by atoms with Gasteiger partial charge >= 0.3 is 11.2 Å². The molecule has 3 rings (SSSR count). The minimum Gasteiger partial charge on any atom is -0.294 e. The Bertz CT molecular complexity index is 976. The normalized spacial score (nSPS) is 14.7. The van der Waals surface area contributed by atoms with E-state index >= 15 is 0 Å². The molecular weight excluding hydrogens is 405 g/mol. The fourth-order valence-corrected chi connectivity index (χ4v) is 4.62. The van der Waals surface area contributed by atoms with Gasteiger partial charge in [-0.25, -0.2) is 10.2 Å². The smallest absolute Gasteiger partial charge is 0.294 e. The number of thiophene rings is 1. The van der Waals surface area contributed by atoms with E-state index in [0.717, 1.165) is 4.88 Å². The molecule has 7 nitrogen and oxygen atoms in total. The van der Waals surface area contributed by atoms with Gasteiger partial charge in [-0.3, -0.25) is 24.1 Å². The Morgan fingerprint density at radius 1 is 1.33 bits per heavy atom. The van der Waals surface area contributed by atoms with E-state index in [4.69, 9.17) is 0 Å². The van der Waals surface area contributed by atoms with E-state index in [9.17, 15) is 27.6 Å². The predicted octanol–water partition coefficient (Wildman–Crippen LogP) is 1.87. The van der Waals surface area contributed by atoms with E-state index in [1.807, 2.05) is 0 Å². The largest absolute Gasteiger partial charge is 0.441 e. The monoisotopic (exact) mass is 422 g/mol. The zero-order chi connectivity index (χ0) is 19.8. The Morgan fingerprint density at radius 3 is 2.63 bits per heavy atom. The van der Waals surface area contributed by atoms with Crippen LogP contribution in [0.25, 0.3) is 10.2 Å². The molecule has 1 aliphatic rings. The van der Waals surface area contributed by atoms with Gasteiger partial charge in [0.05, 0.1) is 5.39 Å². The van der Waals surface area contributed by atoms with E-state index < -0.39 is 16.8 Å². The van der Waals surface area contributed by atoms with Crippen LogP contribution in [0.2, 0.25) is 0 Å². The molecule has 2 aromatic rings. The van der Waals surface area contributed by atoms with Crippen molar-refractivity contribution in [2.75, 3.05) is 5.75 Å². The van der Waals surface area contributed by atoms with Crippen molar-refractivity contribution in [3.05, 3.63) is 31.3 Å². The van der Waals surface area contributed by atoms with Gasteiger partial charge < -0.3 is 0 Å². The van der Waals surface area contributed by atoms with Gasteiger partial charge in [0.1, 0.15) is 4.83 Å². The summed E-state index contributed by atoms with van der Waals surface area (Å²) in [5.41, 5.74) is 0.269. The molecule has 0 unspecified atom stereocenters. The van der Waals surface area contributed by atoms with E-state index in [1.165, 1.54) is 20.5 Å². The lowest BCUT2D eigenvalue weighted by Gasteiger charge is -2.12. The number of alkyl halides is 3. The Kier molecular flexibility index (Phi) is 5.68. The fourth-order valence-electron chi connectivity index (χ4n) is 2.86. The number of nitrogens with one attached hydrogen (secondary N) is 2. The van der Waals surface area contributed by atoms with Crippen molar-refractivity contribution in [3.8, 4) is 0 Å². The first kappa shape index (κ1) is 20.0.